The molecule has 8 nitrogen and oxygen atoms in total. The van der Waals surface area contributed by atoms with Crippen LogP contribution in [-0.4, -0.2) is 45.2 Å². The Bertz CT molecular complexity index is 452. The number of rotatable bonds is 4. The summed E-state index contributed by atoms with van der Waals surface area (Å²) in [5, 5.41) is 14.9. The Balaban J connectivity index is 1.69. The number of urea groups is 1. The number of nitrogens with one attached hydrogen (secondary N) is 1. The van der Waals surface area contributed by atoms with E-state index in [0.717, 1.165) is 0 Å². The first-order valence-electron chi connectivity index (χ1n) is 5.58. The van der Waals surface area contributed by atoms with E-state index in [1.807, 2.05) is 0 Å². The van der Waals surface area contributed by atoms with Gasteiger partial charge in [-0.25, -0.2) is 4.79 Å². The van der Waals surface area contributed by atoms with Crippen LogP contribution >= 0.6 is 0 Å². The number of aromatic nitrogens is 2. The maximum atomic E-state index is 11.6. The molecule has 0 aromatic carbocycles. The van der Waals surface area contributed by atoms with Gasteiger partial charge in [-0.15, -0.1) is 0 Å². The van der Waals surface area contributed by atoms with Gasteiger partial charge < -0.3 is 19.8 Å². The molecule has 1 aliphatic rings. The van der Waals surface area contributed by atoms with E-state index in [4.69, 9.17) is 9.63 Å². The van der Waals surface area contributed by atoms with Crippen LogP contribution in [0.15, 0.2) is 4.52 Å². The minimum atomic E-state index is -0.831. The molecule has 2 heterocycles. The largest absolute Gasteiger partial charge is 0.481 e. The Morgan fingerprint density at radius 3 is 2.83 bits per heavy atom. The van der Waals surface area contributed by atoms with Crippen LogP contribution < -0.4 is 5.32 Å². The summed E-state index contributed by atoms with van der Waals surface area (Å²) in [4.78, 5) is 27.6. The van der Waals surface area contributed by atoms with Gasteiger partial charge in [0.1, 0.15) is 0 Å². The number of carboxylic acid groups (broad SMARTS) is 1. The number of hydrogen-bond acceptors (Lipinski definition) is 5. The number of carbonyl (C=O) groups excluding carboxylic acids is 1. The fourth-order valence-electron chi connectivity index (χ4n) is 1.79. The Hall–Kier alpha value is -2.12. The molecule has 0 aliphatic carbocycles. The molecule has 0 saturated carbocycles. The first-order valence-corrected chi connectivity index (χ1v) is 5.58. The van der Waals surface area contributed by atoms with Crippen LogP contribution in [0.3, 0.4) is 0 Å². The highest BCUT2D eigenvalue weighted by Crippen LogP contribution is 2.18. The van der Waals surface area contributed by atoms with Gasteiger partial charge in [-0.1, -0.05) is 5.16 Å². The molecule has 1 fully saturated rings. The number of nitrogens with zero attached hydrogens (tertiary/aromatic N) is 3. The zero-order chi connectivity index (χ0) is 13.1. The topological polar surface area (TPSA) is 109 Å². The lowest BCUT2D eigenvalue weighted by atomic mass is 9.97. The van der Waals surface area contributed by atoms with Crippen LogP contribution in [-0.2, 0) is 11.3 Å². The van der Waals surface area contributed by atoms with Crippen LogP contribution in [0.1, 0.15) is 18.1 Å². The Kier molecular flexibility index (Phi) is 3.45. The van der Waals surface area contributed by atoms with Crippen molar-refractivity contribution in [3.63, 3.8) is 0 Å². The molecule has 0 bridgehead atoms. The van der Waals surface area contributed by atoms with E-state index in [1.54, 1.807) is 11.8 Å². The van der Waals surface area contributed by atoms with Crippen molar-refractivity contribution in [3.8, 4) is 0 Å². The molecule has 0 radical (unpaired) electrons. The molecule has 18 heavy (non-hydrogen) atoms. The van der Waals surface area contributed by atoms with Crippen LogP contribution in [0, 0.1) is 12.8 Å². The average molecular weight is 254 g/mol. The summed E-state index contributed by atoms with van der Waals surface area (Å²) in [5.74, 6) is 0.0937. The van der Waals surface area contributed by atoms with Crippen LogP contribution in [0.4, 0.5) is 4.79 Å². The van der Waals surface area contributed by atoms with Crippen molar-refractivity contribution >= 4 is 12.0 Å². The Morgan fingerprint density at radius 1 is 1.56 bits per heavy atom. The summed E-state index contributed by atoms with van der Waals surface area (Å²) in [6, 6.07) is -0.237. The van der Waals surface area contributed by atoms with Crippen molar-refractivity contribution in [2.75, 3.05) is 13.1 Å². The number of aliphatic carboxylic acids is 1. The van der Waals surface area contributed by atoms with Crippen LogP contribution in [0.2, 0.25) is 0 Å². The molecule has 98 valence electrons. The normalized spacial score (nSPS) is 15.3. The maximum Gasteiger partial charge on any atom is 0.317 e. The highest BCUT2D eigenvalue weighted by Gasteiger charge is 2.31. The summed E-state index contributed by atoms with van der Waals surface area (Å²) in [6.45, 7) is 2.83. The van der Waals surface area contributed by atoms with Crippen molar-refractivity contribution in [1.82, 2.24) is 20.4 Å². The van der Waals surface area contributed by atoms with E-state index in [1.165, 1.54) is 0 Å². The van der Waals surface area contributed by atoms with E-state index in [-0.39, 0.29) is 24.9 Å². The van der Waals surface area contributed by atoms with Gasteiger partial charge in [0.25, 0.3) is 0 Å². The molecule has 1 saturated heterocycles. The molecule has 1 aromatic rings. The van der Waals surface area contributed by atoms with Crippen molar-refractivity contribution in [2.45, 2.75) is 19.9 Å². The zero-order valence-electron chi connectivity index (χ0n) is 9.92. The highest BCUT2D eigenvalue weighted by atomic mass is 16.5. The van der Waals surface area contributed by atoms with Gasteiger partial charge in [-0.05, 0) is 0 Å². The average Bonchev–Trinajstić information content (AvgIpc) is 2.65. The lowest BCUT2D eigenvalue weighted by Crippen LogP contribution is -2.54. The molecule has 0 unspecified atom stereocenters. The summed E-state index contributed by atoms with van der Waals surface area (Å²) in [6.07, 6.45) is 0.105. The van der Waals surface area contributed by atoms with Crippen molar-refractivity contribution in [3.05, 3.63) is 11.7 Å². The summed E-state index contributed by atoms with van der Waals surface area (Å²) < 4.78 is 4.77. The van der Waals surface area contributed by atoms with E-state index in [9.17, 15) is 9.59 Å². The second-order valence-corrected chi connectivity index (χ2v) is 4.26. The van der Waals surface area contributed by atoms with E-state index in [2.05, 4.69) is 15.5 Å². The van der Waals surface area contributed by atoms with E-state index < -0.39 is 5.97 Å². The monoisotopic (exact) mass is 254 g/mol. The number of carbonyl (C=O) groups is 2. The standard InChI is InChI=1S/C10H14N4O4/c1-6-12-8(13-18-6)3-11-10(17)14-4-7(5-14)2-9(15)16/h7H,2-5H2,1H3,(H,11,17)(H,15,16). The van der Waals surface area contributed by atoms with E-state index in [0.29, 0.717) is 24.8 Å². The minimum Gasteiger partial charge on any atom is -0.481 e. The summed E-state index contributed by atoms with van der Waals surface area (Å²) in [5.41, 5.74) is 0. The van der Waals surface area contributed by atoms with E-state index >= 15 is 0 Å². The SMILES string of the molecule is Cc1nc(CNC(=O)N2CC(CC(=O)O)C2)no1. The van der Waals surface area contributed by atoms with Gasteiger partial charge in [0.15, 0.2) is 5.82 Å². The third-order valence-electron chi connectivity index (χ3n) is 2.68. The van der Waals surface area contributed by atoms with Crippen molar-refractivity contribution in [2.24, 2.45) is 5.92 Å². The molecular formula is C10H14N4O4. The maximum absolute atomic E-state index is 11.6. The Morgan fingerprint density at radius 2 is 2.28 bits per heavy atom. The highest BCUT2D eigenvalue weighted by molar-refractivity contribution is 5.75. The van der Waals surface area contributed by atoms with Crippen LogP contribution in [0.5, 0.6) is 0 Å². The molecular weight excluding hydrogens is 240 g/mol. The summed E-state index contributed by atoms with van der Waals surface area (Å²) in [7, 11) is 0. The number of carboxylic acids is 1. The predicted molar refractivity (Wildman–Crippen MR) is 58.6 cm³/mol. The lowest BCUT2D eigenvalue weighted by molar-refractivity contribution is -0.139. The Labute approximate surface area is 103 Å². The third-order valence-corrected chi connectivity index (χ3v) is 2.68. The first-order chi connectivity index (χ1) is 8.54. The number of amides is 2. The van der Waals surface area contributed by atoms with Crippen molar-refractivity contribution < 1.29 is 19.2 Å². The summed E-state index contributed by atoms with van der Waals surface area (Å²) >= 11 is 0. The van der Waals surface area contributed by atoms with Gasteiger partial charge in [0, 0.05) is 25.9 Å². The third kappa shape index (κ3) is 2.96. The molecule has 0 spiro atoms. The van der Waals surface area contributed by atoms with Gasteiger partial charge in [-0.2, -0.15) is 4.98 Å². The minimum absolute atomic E-state index is 0.0562. The molecule has 8 heteroatoms. The molecule has 1 aliphatic heterocycles. The molecule has 2 N–H and O–H groups in total. The smallest absolute Gasteiger partial charge is 0.317 e. The van der Waals surface area contributed by atoms with Gasteiger partial charge in [-0.3, -0.25) is 4.79 Å². The quantitative estimate of drug-likeness (QED) is 0.782. The lowest BCUT2D eigenvalue weighted by Gasteiger charge is -2.38. The van der Waals surface area contributed by atoms with Gasteiger partial charge >= 0.3 is 12.0 Å². The second kappa shape index (κ2) is 5.03. The molecule has 2 rings (SSSR count). The predicted octanol–water partition coefficient (Wildman–Crippen LogP) is -0.00588. The molecule has 0 atom stereocenters. The number of aryl methyl sites for hydroxylation is 1. The second-order valence-electron chi connectivity index (χ2n) is 4.26. The molecule has 1 aromatic heterocycles. The zero-order valence-corrected chi connectivity index (χ0v) is 9.92. The fraction of sp³-hybridized carbons (Fsp3) is 0.600. The van der Waals surface area contributed by atoms with Crippen LogP contribution in [0.25, 0.3) is 0 Å². The number of likely N-dealkylation sites (tertiary alicyclic amines) is 1. The number of hydrogen-bond donors (Lipinski definition) is 2. The van der Waals surface area contributed by atoms with Crippen molar-refractivity contribution in [1.29, 1.82) is 0 Å². The first kappa shape index (κ1) is 12.3. The fourth-order valence-corrected chi connectivity index (χ4v) is 1.79. The van der Waals surface area contributed by atoms with Gasteiger partial charge in [0.2, 0.25) is 5.89 Å². The molecule has 2 amide bonds. The van der Waals surface area contributed by atoms with Gasteiger partial charge in [0.05, 0.1) is 13.0 Å².